The molecule has 32 heavy (non-hydrogen) atoms. The van der Waals surface area contributed by atoms with E-state index in [4.69, 9.17) is 0 Å². The lowest BCUT2D eigenvalue weighted by atomic mass is 10.3. The Morgan fingerprint density at radius 1 is 1.00 bits per heavy atom. The van der Waals surface area contributed by atoms with Gasteiger partial charge in [-0.2, -0.15) is 4.31 Å². The third-order valence-corrected chi connectivity index (χ3v) is 7.79. The lowest BCUT2D eigenvalue weighted by Crippen LogP contribution is -2.37. The molecule has 1 aliphatic heterocycles. The van der Waals surface area contributed by atoms with Gasteiger partial charge in [0, 0.05) is 38.9 Å². The molecular formula is C20H25N5O5S2. The van der Waals surface area contributed by atoms with E-state index in [-0.39, 0.29) is 30.2 Å². The number of hydrogen-bond acceptors (Lipinski definition) is 7. The van der Waals surface area contributed by atoms with Crippen LogP contribution in [0.25, 0.3) is 11.0 Å². The van der Waals surface area contributed by atoms with E-state index in [2.05, 4.69) is 9.71 Å². The molecule has 2 heterocycles. The molecule has 0 aliphatic carbocycles. The fraction of sp³-hybridized carbons (Fsp3) is 0.350. The van der Waals surface area contributed by atoms with Crippen molar-refractivity contribution in [3.05, 3.63) is 48.5 Å². The Kier molecular flexibility index (Phi) is 5.88. The molecule has 1 atom stereocenters. The minimum absolute atomic E-state index is 0.0277. The zero-order valence-corrected chi connectivity index (χ0v) is 19.3. The van der Waals surface area contributed by atoms with Crippen molar-refractivity contribution in [2.24, 2.45) is 7.05 Å². The van der Waals surface area contributed by atoms with Crippen molar-refractivity contribution in [1.29, 1.82) is 0 Å². The number of aryl methyl sites for hydroxylation is 1. The van der Waals surface area contributed by atoms with E-state index in [0.717, 1.165) is 17.3 Å². The predicted octanol–water partition coefficient (Wildman–Crippen LogP) is 0.817. The van der Waals surface area contributed by atoms with Gasteiger partial charge >= 0.3 is 0 Å². The number of benzene rings is 2. The van der Waals surface area contributed by atoms with Gasteiger partial charge in [0.1, 0.15) is 0 Å². The maximum absolute atomic E-state index is 13.2. The molecule has 0 spiro atoms. The average molecular weight is 480 g/mol. The first kappa shape index (κ1) is 22.5. The van der Waals surface area contributed by atoms with Crippen LogP contribution in [0.15, 0.2) is 53.4 Å². The summed E-state index contributed by atoms with van der Waals surface area (Å²) in [4.78, 5) is 6.57. The van der Waals surface area contributed by atoms with Crippen LogP contribution in [-0.2, 0) is 27.1 Å². The molecule has 0 bridgehead atoms. The van der Waals surface area contributed by atoms with Gasteiger partial charge in [0.05, 0.1) is 28.3 Å². The molecule has 0 saturated carbocycles. The van der Waals surface area contributed by atoms with Crippen molar-refractivity contribution >= 4 is 42.7 Å². The third kappa shape index (κ3) is 4.58. The largest absolute Gasteiger partial charge is 0.390 e. The van der Waals surface area contributed by atoms with Gasteiger partial charge in [-0.3, -0.25) is 4.72 Å². The van der Waals surface area contributed by atoms with E-state index in [1.54, 1.807) is 0 Å². The highest BCUT2D eigenvalue weighted by atomic mass is 32.2. The van der Waals surface area contributed by atoms with Gasteiger partial charge < -0.3 is 14.6 Å². The van der Waals surface area contributed by atoms with E-state index in [0.29, 0.717) is 12.5 Å². The standard InChI is InChI=1S/C20H25N5O5S2/c1-23-19-6-4-3-5-18(19)21-20(23)24-11-12-25(14-16(26)13-24)32(29,30)17-9-7-15(8-10-17)22-31(2,27)28/h3-10,16,22,26H,11-14H2,1-2H3. The minimum atomic E-state index is -3.88. The maximum atomic E-state index is 13.2. The van der Waals surface area contributed by atoms with Gasteiger partial charge in [-0.25, -0.2) is 21.8 Å². The summed E-state index contributed by atoms with van der Waals surface area (Å²) < 4.78 is 54.5. The van der Waals surface area contributed by atoms with Crippen LogP contribution < -0.4 is 9.62 Å². The van der Waals surface area contributed by atoms with Crippen LogP contribution in [0.1, 0.15) is 0 Å². The van der Waals surface area contributed by atoms with Gasteiger partial charge in [0.15, 0.2) is 0 Å². The van der Waals surface area contributed by atoms with Crippen LogP contribution in [0.4, 0.5) is 11.6 Å². The number of para-hydroxylation sites is 2. The van der Waals surface area contributed by atoms with E-state index in [9.17, 15) is 21.9 Å². The zero-order valence-electron chi connectivity index (χ0n) is 17.7. The van der Waals surface area contributed by atoms with Crippen LogP contribution in [0.3, 0.4) is 0 Å². The summed E-state index contributed by atoms with van der Waals surface area (Å²) in [6.07, 6.45) is 0.116. The Labute approximate surface area is 187 Å². The number of imidazole rings is 1. The van der Waals surface area contributed by atoms with Crippen LogP contribution in [0.2, 0.25) is 0 Å². The lowest BCUT2D eigenvalue weighted by Gasteiger charge is -2.22. The number of fused-ring (bicyclic) bond motifs is 1. The molecule has 1 saturated heterocycles. The van der Waals surface area contributed by atoms with E-state index < -0.39 is 26.2 Å². The highest BCUT2D eigenvalue weighted by Gasteiger charge is 2.31. The molecule has 3 aromatic rings. The van der Waals surface area contributed by atoms with Crippen LogP contribution in [0, 0.1) is 0 Å². The van der Waals surface area contributed by atoms with Crippen LogP contribution in [-0.4, -0.2) is 74.3 Å². The monoisotopic (exact) mass is 479 g/mol. The first-order valence-corrected chi connectivity index (χ1v) is 13.3. The molecule has 1 unspecified atom stereocenters. The molecule has 0 amide bonds. The number of aromatic nitrogens is 2. The summed E-state index contributed by atoms with van der Waals surface area (Å²) >= 11 is 0. The van der Waals surface area contributed by atoms with Gasteiger partial charge in [0.25, 0.3) is 0 Å². The summed E-state index contributed by atoms with van der Waals surface area (Å²) in [6, 6.07) is 13.2. The van der Waals surface area contributed by atoms with E-state index in [1.807, 2.05) is 40.8 Å². The number of anilines is 2. The highest BCUT2D eigenvalue weighted by Crippen LogP contribution is 2.24. The summed E-state index contributed by atoms with van der Waals surface area (Å²) in [7, 11) is -5.45. The molecule has 10 nitrogen and oxygen atoms in total. The van der Waals surface area contributed by atoms with Crippen molar-refractivity contribution in [2.45, 2.75) is 11.0 Å². The number of aliphatic hydroxyl groups excluding tert-OH is 1. The highest BCUT2D eigenvalue weighted by molar-refractivity contribution is 7.92. The molecular weight excluding hydrogens is 454 g/mol. The third-order valence-electron chi connectivity index (χ3n) is 5.31. The Morgan fingerprint density at radius 3 is 2.34 bits per heavy atom. The number of rotatable bonds is 5. The maximum Gasteiger partial charge on any atom is 0.243 e. The van der Waals surface area contributed by atoms with Crippen molar-refractivity contribution in [2.75, 3.05) is 42.1 Å². The number of hydrogen-bond donors (Lipinski definition) is 2. The Morgan fingerprint density at radius 2 is 1.69 bits per heavy atom. The summed E-state index contributed by atoms with van der Waals surface area (Å²) in [5.74, 6) is 0.667. The minimum Gasteiger partial charge on any atom is -0.390 e. The second-order valence-electron chi connectivity index (χ2n) is 7.82. The summed E-state index contributed by atoms with van der Waals surface area (Å²) in [5.41, 5.74) is 2.06. The molecule has 2 aromatic carbocycles. The van der Waals surface area contributed by atoms with Crippen LogP contribution in [0.5, 0.6) is 0 Å². The molecule has 1 aromatic heterocycles. The summed E-state index contributed by atoms with van der Waals surface area (Å²) in [5, 5.41) is 10.6. The number of nitrogens with zero attached hydrogens (tertiary/aromatic N) is 4. The molecule has 1 aliphatic rings. The summed E-state index contributed by atoms with van der Waals surface area (Å²) in [6.45, 7) is 0.736. The molecule has 12 heteroatoms. The molecule has 1 fully saturated rings. The quantitative estimate of drug-likeness (QED) is 0.555. The van der Waals surface area contributed by atoms with Crippen molar-refractivity contribution in [3.63, 3.8) is 0 Å². The normalized spacial score (nSPS) is 18.6. The number of nitrogens with one attached hydrogen (secondary N) is 1. The average Bonchev–Trinajstić information content (AvgIpc) is 2.92. The van der Waals surface area contributed by atoms with Crippen molar-refractivity contribution < 1.29 is 21.9 Å². The fourth-order valence-corrected chi connectivity index (χ4v) is 5.87. The van der Waals surface area contributed by atoms with Crippen LogP contribution >= 0.6 is 0 Å². The van der Waals surface area contributed by atoms with Gasteiger partial charge in [0.2, 0.25) is 26.0 Å². The lowest BCUT2D eigenvalue weighted by molar-refractivity contribution is 0.163. The van der Waals surface area contributed by atoms with Crippen molar-refractivity contribution in [3.8, 4) is 0 Å². The first-order valence-electron chi connectivity index (χ1n) is 9.97. The van der Waals surface area contributed by atoms with Gasteiger partial charge in [-0.1, -0.05) is 12.1 Å². The first-order chi connectivity index (χ1) is 15.0. The van der Waals surface area contributed by atoms with Gasteiger partial charge in [-0.05, 0) is 36.4 Å². The fourth-order valence-electron chi connectivity index (χ4n) is 3.84. The Bertz CT molecular complexity index is 1340. The molecule has 172 valence electrons. The molecule has 0 radical (unpaired) electrons. The number of sulfonamides is 2. The second-order valence-corrected chi connectivity index (χ2v) is 11.5. The van der Waals surface area contributed by atoms with E-state index in [1.165, 1.54) is 28.6 Å². The van der Waals surface area contributed by atoms with E-state index >= 15 is 0 Å². The topological polar surface area (TPSA) is 125 Å². The van der Waals surface area contributed by atoms with Crippen molar-refractivity contribution in [1.82, 2.24) is 13.9 Å². The second kappa shape index (κ2) is 8.35. The SMILES string of the molecule is Cn1c(N2CCN(S(=O)(=O)c3ccc(NS(C)(=O)=O)cc3)CC(O)C2)nc2ccccc21. The predicted molar refractivity (Wildman–Crippen MR) is 123 cm³/mol. The van der Waals surface area contributed by atoms with Gasteiger partial charge in [-0.15, -0.1) is 0 Å². The Balaban J connectivity index is 1.56. The molecule has 2 N–H and O–H groups in total. The Hall–Kier alpha value is -2.67. The number of aliphatic hydroxyl groups is 1. The zero-order chi connectivity index (χ0) is 23.1. The smallest absolute Gasteiger partial charge is 0.243 e. The number of β-amino-alcohol motifs (C(OH)–C–C–N with tert-alkyl or cyclic N) is 1. The molecule has 4 rings (SSSR count).